The van der Waals surface area contributed by atoms with E-state index in [2.05, 4.69) is 22.2 Å². The minimum atomic E-state index is -3.19. The second kappa shape index (κ2) is 9.72. The molecule has 7 nitrogen and oxygen atoms in total. The number of H-pyrrole nitrogens is 1. The maximum Gasteiger partial charge on any atom is 0.394 e. The standard InChI is InChI=1S/C25H34F2N6O/c1-5-33-23(20-10-11-29-24(20)28)22(31-32-33)18-8-6-17(7-9-18)14-30-21-15(2)12-19(13-16(21)3)34-25(4,26)27/h10-13,15,17-18,29H,5-9,14,28H2,1-4H3. The molecule has 0 amide bonds. The van der Waals surface area contributed by atoms with Crippen LogP contribution >= 0.6 is 0 Å². The predicted molar refractivity (Wildman–Crippen MR) is 130 cm³/mol. The number of nitrogens with one attached hydrogen (secondary N) is 1. The number of aromatic nitrogens is 4. The number of alkyl halides is 2. The fourth-order valence-electron chi connectivity index (χ4n) is 5.09. The SMILES string of the molecule is CCn1nnc(C2CCC(CN=C3C(C)=CC(OC(C)(F)F)=CC3C)CC2)c1-c1cc[nH]c1N. The Morgan fingerprint density at radius 2 is 2.03 bits per heavy atom. The summed E-state index contributed by atoms with van der Waals surface area (Å²) in [6.45, 7) is 8.16. The summed E-state index contributed by atoms with van der Waals surface area (Å²) < 4.78 is 33.1. The van der Waals surface area contributed by atoms with Gasteiger partial charge in [-0.05, 0) is 69.2 Å². The van der Waals surface area contributed by atoms with Gasteiger partial charge in [0.05, 0.1) is 11.4 Å². The Balaban J connectivity index is 1.40. The van der Waals surface area contributed by atoms with Crippen LogP contribution in [0, 0.1) is 11.8 Å². The average molecular weight is 473 g/mol. The summed E-state index contributed by atoms with van der Waals surface area (Å²) in [7, 11) is 0. The van der Waals surface area contributed by atoms with E-state index in [0.717, 1.165) is 73.9 Å². The zero-order valence-corrected chi connectivity index (χ0v) is 20.3. The molecular formula is C25H34F2N6O. The highest BCUT2D eigenvalue weighted by Crippen LogP contribution is 2.40. The van der Waals surface area contributed by atoms with Crippen LogP contribution in [0.4, 0.5) is 14.6 Å². The average Bonchev–Trinajstić information content (AvgIpc) is 3.37. The highest BCUT2D eigenvalue weighted by Gasteiger charge is 2.30. The molecule has 0 aromatic carbocycles. The van der Waals surface area contributed by atoms with E-state index >= 15 is 0 Å². The molecule has 184 valence electrons. The van der Waals surface area contributed by atoms with Gasteiger partial charge in [-0.2, -0.15) is 8.78 Å². The number of aliphatic imine (C=N–C) groups is 1. The second-order valence-corrected chi connectivity index (χ2v) is 9.48. The summed E-state index contributed by atoms with van der Waals surface area (Å²) in [5, 5.41) is 8.92. The van der Waals surface area contributed by atoms with Crippen LogP contribution in [0.5, 0.6) is 0 Å². The molecule has 2 aromatic heterocycles. The fraction of sp³-hybridized carbons (Fsp3) is 0.560. The number of nitrogen functional groups attached to an aromatic ring is 1. The van der Waals surface area contributed by atoms with Crippen molar-refractivity contribution in [2.45, 2.75) is 71.9 Å². The number of allylic oxidation sites excluding steroid dienone is 3. The van der Waals surface area contributed by atoms with Gasteiger partial charge in [0.15, 0.2) is 0 Å². The first-order valence-electron chi connectivity index (χ1n) is 12.0. The van der Waals surface area contributed by atoms with Crippen LogP contribution in [0.15, 0.2) is 40.7 Å². The van der Waals surface area contributed by atoms with Gasteiger partial charge in [0.25, 0.3) is 0 Å². The van der Waals surface area contributed by atoms with Crippen molar-refractivity contribution in [2.75, 3.05) is 12.3 Å². The van der Waals surface area contributed by atoms with Crippen molar-refractivity contribution >= 4 is 11.5 Å². The van der Waals surface area contributed by atoms with E-state index in [1.807, 2.05) is 30.8 Å². The van der Waals surface area contributed by atoms with Crippen LogP contribution in [-0.4, -0.2) is 38.3 Å². The Morgan fingerprint density at radius 1 is 1.29 bits per heavy atom. The molecule has 34 heavy (non-hydrogen) atoms. The summed E-state index contributed by atoms with van der Waals surface area (Å²) in [4.78, 5) is 7.95. The van der Waals surface area contributed by atoms with Crippen LogP contribution in [0.1, 0.15) is 65.0 Å². The van der Waals surface area contributed by atoms with Gasteiger partial charge in [-0.15, -0.1) is 5.10 Å². The lowest BCUT2D eigenvalue weighted by molar-refractivity contribution is -0.195. The first kappa shape index (κ1) is 24.2. The van der Waals surface area contributed by atoms with E-state index in [0.29, 0.717) is 17.7 Å². The van der Waals surface area contributed by atoms with Gasteiger partial charge in [-0.25, -0.2) is 4.68 Å². The summed E-state index contributed by atoms with van der Waals surface area (Å²) in [6, 6.07) is 1.99. The molecule has 0 radical (unpaired) electrons. The van der Waals surface area contributed by atoms with Gasteiger partial charge in [0, 0.05) is 49.3 Å². The van der Waals surface area contributed by atoms with Crippen LogP contribution in [0.25, 0.3) is 11.3 Å². The van der Waals surface area contributed by atoms with E-state index in [4.69, 9.17) is 15.5 Å². The number of halogens is 2. The molecule has 1 saturated carbocycles. The number of aromatic amines is 1. The normalized spacial score (nSPS) is 24.8. The number of anilines is 1. The number of hydrogen-bond acceptors (Lipinski definition) is 5. The summed E-state index contributed by atoms with van der Waals surface area (Å²) in [5.41, 5.74) is 11.0. The van der Waals surface area contributed by atoms with Crippen molar-refractivity contribution in [1.29, 1.82) is 0 Å². The maximum atomic E-state index is 13.2. The van der Waals surface area contributed by atoms with Crippen LogP contribution < -0.4 is 5.73 Å². The number of hydrogen-bond donors (Lipinski definition) is 2. The first-order valence-corrected chi connectivity index (χ1v) is 12.0. The van der Waals surface area contributed by atoms with Crippen LogP contribution in [-0.2, 0) is 11.3 Å². The Morgan fingerprint density at radius 3 is 2.62 bits per heavy atom. The van der Waals surface area contributed by atoms with E-state index < -0.39 is 6.11 Å². The van der Waals surface area contributed by atoms with Gasteiger partial charge < -0.3 is 15.5 Å². The molecule has 3 N–H and O–H groups in total. The van der Waals surface area contributed by atoms with Crippen LogP contribution in [0.3, 0.4) is 0 Å². The van der Waals surface area contributed by atoms with Gasteiger partial charge in [-0.1, -0.05) is 12.1 Å². The Bertz CT molecular complexity index is 1100. The maximum absolute atomic E-state index is 13.2. The lowest BCUT2D eigenvalue weighted by Crippen LogP contribution is -2.22. The highest BCUT2D eigenvalue weighted by atomic mass is 19.3. The molecular weight excluding hydrogens is 438 g/mol. The minimum absolute atomic E-state index is 0.0582. The molecule has 2 aromatic rings. The zero-order valence-electron chi connectivity index (χ0n) is 20.3. The van der Waals surface area contributed by atoms with Gasteiger partial charge in [0.2, 0.25) is 0 Å². The van der Waals surface area contributed by atoms with Gasteiger partial charge >= 0.3 is 6.11 Å². The molecule has 0 spiro atoms. The van der Waals surface area contributed by atoms with Crippen molar-refractivity contribution in [1.82, 2.24) is 20.0 Å². The first-order chi connectivity index (χ1) is 16.2. The Kier molecular flexibility index (Phi) is 6.91. The molecule has 2 aliphatic carbocycles. The van der Waals surface area contributed by atoms with Gasteiger partial charge in [0.1, 0.15) is 11.6 Å². The summed E-state index contributed by atoms with van der Waals surface area (Å²) in [6.07, 6.45) is 6.21. The van der Waals surface area contributed by atoms with E-state index in [1.54, 1.807) is 12.2 Å². The molecule has 0 bridgehead atoms. The third-order valence-electron chi connectivity index (χ3n) is 6.75. The third kappa shape index (κ3) is 5.23. The topological polar surface area (TPSA) is 94.1 Å². The third-order valence-corrected chi connectivity index (χ3v) is 6.75. The van der Waals surface area contributed by atoms with Crippen molar-refractivity contribution in [3.05, 3.63) is 41.4 Å². The van der Waals surface area contributed by atoms with E-state index in [9.17, 15) is 8.78 Å². The minimum Gasteiger partial charge on any atom is -0.433 e. The van der Waals surface area contributed by atoms with Crippen molar-refractivity contribution in [3.8, 4) is 11.3 Å². The molecule has 4 rings (SSSR count). The zero-order chi connectivity index (χ0) is 24.5. The van der Waals surface area contributed by atoms with E-state index in [-0.39, 0.29) is 11.7 Å². The number of nitrogens with zero attached hydrogens (tertiary/aromatic N) is 4. The van der Waals surface area contributed by atoms with Crippen molar-refractivity contribution < 1.29 is 13.5 Å². The molecule has 1 fully saturated rings. The summed E-state index contributed by atoms with van der Waals surface area (Å²) >= 11 is 0. The number of rotatable bonds is 7. The lowest BCUT2D eigenvalue weighted by Gasteiger charge is -2.28. The Hall–Kier alpha value is -2.97. The molecule has 1 unspecified atom stereocenters. The molecule has 2 aliphatic rings. The highest BCUT2D eigenvalue weighted by molar-refractivity contribution is 6.03. The smallest absolute Gasteiger partial charge is 0.394 e. The number of ether oxygens (including phenoxy) is 1. The second-order valence-electron chi connectivity index (χ2n) is 9.48. The van der Waals surface area contributed by atoms with E-state index in [1.165, 1.54) is 0 Å². The molecule has 0 aliphatic heterocycles. The summed E-state index contributed by atoms with van der Waals surface area (Å²) in [5.74, 6) is 1.63. The molecule has 2 heterocycles. The monoisotopic (exact) mass is 472 g/mol. The molecule has 1 atom stereocenters. The lowest BCUT2D eigenvalue weighted by atomic mass is 9.79. The number of nitrogens with two attached hydrogens (primary N) is 1. The number of aryl methyl sites for hydroxylation is 1. The van der Waals surface area contributed by atoms with Crippen molar-refractivity contribution in [2.24, 2.45) is 16.8 Å². The fourth-order valence-corrected chi connectivity index (χ4v) is 5.09. The van der Waals surface area contributed by atoms with Crippen molar-refractivity contribution in [3.63, 3.8) is 0 Å². The quantitative estimate of drug-likeness (QED) is 0.540. The predicted octanol–water partition coefficient (Wildman–Crippen LogP) is 5.70. The largest absolute Gasteiger partial charge is 0.433 e. The Labute approximate surface area is 199 Å². The molecule has 9 heteroatoms. The molecule has 0 saturated heterocycles. The van der Waals surface area contributed by atoms with Gasteiger partial charge in [-0.3, -0.25) is 4.99 Å². The van der Waals surface area contributed by atoms with Crippen LogP contribution in [0.2, 0.25) is 0 Å².